The number of nitrogens with one attached hydrogen (secondary N) is 2. The van der Waals surface area contributed by atoms with Gasteiger partial charge in [-0.25, -0.2) is 4.39 Å². The van der Waals surface area contributed by atoms with E-state index in [9.17, 15) is 9.18 Å². The Bertz CT molecular complexity index is 433. The average molecular weight is 315 g/mol. The SMILES string of the molecule is O=C(NCc1cc(Br)ccc1F)[C@@H]1CCCNC1. The highest BCUT2D eigenvalue weighted by molar-refractivity contribution is 9.10. The van der Waals surface area contributed by atoms with Gasteiger partial charge in [-0.05, 0) is 37.6 Å². The fourth-order valence-electron chi connectivity index (χ4n) is 2.08. The van der Waals surface area contributed by atoms with Crippen LogP contribution in [0.25, 0.3) is 0 Å². The number of benzene rings is 1. The second-order valence-electron chi connectivity index (χ2n) is 4.50. The number of halogens is 2. The highest BCUT2D eigenvalue weighted by Crippen LogP contribution is 2.16. The molecule has 3 nitrogen and oxygen atoms in total. The van der Waals surface area contributed by atoms with E-state index < -0.39 is 0 Å². The molecule has 2 N–H and O–H groups in total. The third kappa shape index (κ3) is 3.53. The van der Waals surface area contributed by atoms with Gasteiger partial charge in [0, 0.05) is 23.1 Å². The lowest BCUT2D eigenvalue weighted by Gasteiger charge is -2.21. The molecule has 0 unspecified atom stereocenters. The molecule has 18 heavy (non-hydrogen) atoms. The summed E-state index contributed by atoms with van der Waals surface area (Å²) < 4.78 is 14.3. The topological polar surface area (TPSA) is 41.1 Å². The summed E-state index contributed by atoms with van der Waals surface area (Å²) in [5.74, 6) is -0.282. The third-order valence-corrected chi connectivity index (χ3v) is 3.62. The number of carbonyl (C=O) groups excluding carboxylic acids is 1. The van der Waals surface area contributed by atoms with Gasteiger partial charge in [0.25, 0.3) is 0 Å². The van der Waals surface area contributed by atoms with E-state index in [0.29, 0.717) is 12.1 Å². The van der Waals surface area contributed by atoms with E-state index >= 15 is 0 Å². The molecular weight excluding hydrogens is 299 g/mol. The van der Waals surface area contributed by atoms with Crippen molar-refractivity contribution in [3.63, 3.8) is 0 Å². The second kappa shape index (κ2) is 6.29. The van der Waals surface area contributed by atoms with Crippen LogP contribution in [0.5, 0.6) is 0 Å². The van der Waals surface area contributed by atoms with Crippen molar-refractivity contribution < 1.29 is 9.18 Å². The molecule has 1 heterocycles. The van der Waals surface area contributed by atoms with Crippen molar-refractivity contribution in [2.45, 2.75) is 19.4 Å². The third-order valence-electron chi connectivity index (χ3n) is 3.13. The molecule has 0 aromatic heterocycles. The number of hydrogen-bond donors (Lipinski definition) is 2. The minimum absolute atomic E-state index is 0.00146. The van der Waals surface area contributed by atoms with Crippen LogP contribution in [0.15, 0.2) is 22.7 Å². The van der Waals surface area contributed by atoms with Gasteiger partial charge in [0.1, 0.15) is 5.82 Å². The van der Waals surface area contributed by atoms with Crippen molar-refractivity contribution in [1.29, 1.82) is 0 Å². The largest absolute Gasteiger partial charge is 0.352 e. The van der Waals surface area contributed by atoms with Gasteiger partial charge < -0.3 is 10.6 Å². The molecular formula is C13H16BrFN2O. The van der Waals surface area contributed by atoms with Gasteiger partial charge in [-0.1, -0.05) is 15.9 Å². The molecule has 1 aromatic rings. The lowest BCUT2D eigenvalue weighted by molar-refractivity contribution is -0.125. The van der Waals surface area contributed by atoms with Crippen LogP contribution in [-0.4, -0.2) is 19.0 Å². The van der Waals surface area contributed by atoms with Crippen LogP contribution in [-0.2, 0) is 11.3 Å². The Morgan fingerprint density at radius 3 is 3.11 bits per heavy atom. The summed E-state index contributed by atoms with van der Waals surface area (Å²) in [7, 11) is 0. The summed E-state index contributed by atoms with van der Waals surface area (Å²) in [6.45, 7) is 1.93. The standard InChI is InChI=1S/C13H16BrFN2O/c14-11-3-4-12(15)10(6-11)8-17-13(18)9-2-1-5-16-7-9/h3-4,6,9,16H,1-2,5,7-8H2,(H,17,18)/t9-/m1/s1. The van der Waals surface area contributed by atoms with Crippen LogP contribution >= 0.6 is 15.9 Å². The molecule has 98 valence electrons. The van der Waals surface area contributed by atoms with Crippen LogP contribution in [0.1, 0.15) is 18.4 Å². The predicted octanol–water partition coefficient (Wildman–Crippen LogP) is 2.20. The molecule has 1 aliphatic heterocycles. The summed E-state index contributed by atoms with van der Waals surface area (Å²) in [5.41, 5.74) is 0.501. The summed E-state index contributed by atoms with van der Waals surface area (Å²) in [5, 5.41) is 5.99. The fourth-order valence-corrected chi connectivity index (χ4v) is 2.49. The quantitative estimate of drug-likeness (QED) is 0.898. The molecule has 1 aliphatic rings. The molecule has 1 amide bonds. The normalized spacial score (nSPS) is 19.6. The Hall–Kier alpha value is -0.940. The van der Waals surface area contributed by atoms with Crippen molar-refractivity contribution in [3.05, 3.63) is 34.1 Å². The predicted molar refractivity (Wildman–Crippen MR) is 71.5 cm³/mol. The van der Waals surface area contributed by atoms with Crippen LogP contribution in [0.3, 0.4) is 0 Å². The van der Waals surface area contributed by atoms with E-state index in [-0.39, 0.29) is 24.2 Å². The second-order valence-corrected chi connectivity index (χ2v) is 5.41. The highest BCUT2D eigenvalue weighted by atomic mass is 79.9. The Morgan fingerprint density at radius 2 is 2.39 bits per heavy atom. The van der Waals surface area contributed by atoms with Crippen LogP contribution in [0.2, 0.25) is 0 Å². The molecule has 0 saturated carbocycles. The summed E-state index contributed by atoms with van der Waals surface area (Å²) >= 11 is 3.29. The van der Waals surface area contributed by atoms with Gasteiger partial charge in [0.15, 0.2) is 0 Å². The zero-order valence-electron chi connectivity index (χ0n) is 10.0. The van der Waals surface area contributed by atoms with E-state index in [1.807, 2.05) is 0 Å². The molecule has 1 atom stereocenters. The molecule has 0 spiro atoms. The van der Waals surface area contributed by atoms with Crippen LogP contribution < -0.4 is 10.6 Å². The van der Waals surface area contributed by atoms with Gasteiger partial charge in [0.05, 0.1) is 5.92 Å². The maximum atomic E-state index is 13.5. The average Bonchev–Trinajstić information content (AvgIpc) is 2.40. The fraction of sp³-hybridized carbons (Fsp3) is 0.462. The summed E-state index contributed by atoms with van der Waals surface area (Å²) in [6, 6.07) is 4.73. The first-order chi connectivity index (χ1) is 8.66. The van der Waals surface area contributed by atoms with E-state index in [0.717, 1.165) is 23.9 Å². The Labute approximate surface area is 114 Å². The van der Waals surface area contributed by atoms with Gasteiger partial charge in [-0.2, -0.15) is 0 Å². The first-order valence-corrected chi connectivity index (χ1v) is 6.88. The zero-order valence-corrected chi connectivity index (χ0v) is 11.6. The summed E-state index contributed by atoms with van der Waals surface area (Å²) in [6.07, 6.45) is 1.92. The maximum absolute atomic E-state index is 13.5. The number of hydrogen-bond acceptors (Lipinski definition) is 2. The van der Waals surface area contributed by atoms with Gasteiger partial charge >= 0.3 is 0 Å². The van der Waals surface area contributed by atoms with Crippen molar-refractivity contribution in [3.8, 4) is 0 Å². The van der Waals surface area contributed by atoms with Crippen molar-refractivity contribution in [2.75, 3.05) is 13.1 Å². The number of amides is 1. The smallest absolute Gasteiger partial charge is 0.224 e. The molecule has 2 rings (SSSR count). The minimum atomic E-state index is -0.291. The lowest BCUT2D eigenvalue weighted by atomic mass is 9.99. The maximum Gasteiger partial charge on any atom is 0.224 e. The first kappa shape index (κ1) is 13.5. The molecule has 1 saturated heterocycles. The van der Waals surface area contributed by atoms with Gasteiger partial charge in [0.2, 0.25) is 5.91 Å². The monoisotopic (exact) mass is 314 g/mol. The molecule has 5 heteroatoms. The van der Waals surface area contributed by atoms with E-state index in [1.54, 1.807) is 12.1 Å². The highest BCUT2D eigenvalue weighted by Gasteiger charge is 2.20. The van der Waals surface area contributed by atoms with Gasteiger partial charge in [-0.15, -0.1) is 0 Å². The lowest BCUT2D eigenvalue weighted by Crippen LogP contribution is -2.40. The van der Waals surface area contributed by atoms with Gasteiger partial charge in [-0.3, -0.25) is 4.79 Å². The molecule has 0 radical (unpaired) electrons. The first-order valence-electron chi connectivity index (χ1n) is 6.09. The molecule has 1 fully saturated rings. The number of carbonyl (C=O) groups is 1. The molecule has 0 bridgehead atoms. The van der Waals surface area contributed by atoms with Crippen molar-refractivity contribution >= 4 is 21.8 Å². The Balaban J connectivity index is 1.90. The summed E-state index contributed by atoms with van der Waals surface area (Å²) in [4.78, 5) is 11.9. The van der Waals surface area contributed by atoms with E-state index in [2.05, 4.69) is 26.6 Å². The Kier molecular flexibility index (Phi) is 4.72. The molecule has 0 aliphatic carbocycles. The minimum Gasteiger partial charge on any atom is -0.352 e. The number of rotatable bonds is 3. The van der Waals surface area contributed by atoms with E-state index in [4.69, 9.17) is 0 Å². The Morgan fingerprint density at radius 1 is 1.56 bits per heavy atom. The zero-order chi connectivity index (χ0) is 13.0. The van der Waals surface area contributed by atoms with Crippen LogP contribution in [0.4, 0.5) is 4.39 Å². The van der Waals surface area contributed by atoms with Crippen molar-refractivity contribution in [2.24, 2.45) is 5.92 Å². The van der Waals surface area contributed by atoms with Crippen molar-refractivity contribution in [1.82, 2.24) is 10.6 Å². The van der Waals surface area contributed by atoms with E-state index in [1.165, 1.54) is 6.07 Å². The number of piperidine rings is 1. The van der Waals surface area contributed by atoms with Crippen LogP contribution in [0, 0.1) is 11.7 Å². The molecule has 1 aromatic carbocycles.